The van der Waals surface area contributed by atoms with Crippen LogP contribution in [0.15, 0.2) is 42.5 Å². The van der Waals surface area contributed by atoms with Crippen LogP contribution in [0, 0.1) is 0 Å². The van der Waals surface area contributed by atoms with Crippen LogP contribution in [0.2, 0.25) is 5.02 Å². The molecule has 0 amide bonds. The van der Waals surface area contributed by atoms with Gasteiger partial charge in [0.15, 0.2) is 0 Å². The molecule has 1 aliphatic heterocycles. The first-order valence-corrected chi connectivity index (χ1v) is 6.87. The number of nitrogens with zero attached hydrogens (tertiary/aromatic N) is 1. The highest BCUT2D eigenvalue weighted by Crippen LogP contribution is 2.25. The number of fused-ring (bicyclic) bond motifs is 1. The SMILES string of the molecule is Oc1ccc(Cl)c(CN2CCc3ccccc3C2)c1. The molecule has 0 unspecified atom stereocenters. The summed E-state index contributed by atoms with van der Waals surface area (Å²) in [7, 11) is 0. The average molecular weight is 274 g/mol. The molecule has 3 heteroatoms. The van der Waals surface area contributed by atoms with Crippen LogP contribution >= 0.6 is 11.6 Å². The van der Waals surface area contributed by atoms with E-state index in [2.05, 4.69) is 29.2 Å². The second-order valence-electron chi connectivity index (χ2n) is 5.01. The Balaban J connectivity index is 1.77. The molecule has 2 aromatic rings. The summed E-state index contributed by atoms with van der Waals surface area (Å²) in [6.07, 6.45) is 1.08. The fourth-order valence-corrected chi connectivity index (χ4v) is 2.79. The summed E-state index contributed by atoms with van der Waals surface area (Å²) in [4.78, 5) is 2.36. The van der Waals surface area contributed by atoms with Crippen LogP contribution in [0.5, 0.6) is 5.75 Å². The summed E-state index contributed by atoms with van der Waals surface area (Å²) in [5, 5.41) is 10.3. The van der Waals surface area contributed by atoms with Gasteiger partial charge >= 0.3 is 0 Å². The maximum atomic E-state index is 9.55. The number of halogens is 1. The number of hydrogen-bond donors (Lipinski definition) is 1. The van der Waals surface area contributed by atoms with Crippen LogP contribution in [-0.4, -0.2) is 16.6 Å². The largest absolute Gasteiger partial charge is 0.508 e. The van der Waals surface area contributed by atoms with Crippen molar-refractivity contribution in [2.24, 2.45) is 0 Å². The van der Waals surface area contributed by atoms with Crippen molar-refractivity contribution in [3.05, 3.63) is 64.2 Å². The Morgan fingerprint density at radius 2 is 1.89 bits per heavy atom. The second kappa shape index (κ2) is 5.24. The van der Waals surface area contributed by atoms with E-state index in [1.165, 1.54) is 11.1 Å². The van der Waals surface area contributed by atoms with Gasteiger partial charge in [0, 0.05) is 24.7 Å². The van der Waals surface area contributed by atoms with E-state index in [0.29, 0.717) is 0 Å². The maximum Gasteiger partial charge on any atom is 0.116 e. The topological polar surface area (TPSA) is 23.5 Å². The van der Waals surface area contributed by atoms with E-state index >= 15 is 0 Å². The highest BCUT2D eigenvalue weighted by molar-refractivity contribution is 6.31. The first-order valence-electron chi connectivity index (χ1n) is 6.49. The van der Waals surface area contributed by atoms with Crippen molar-refractivity contribution in [3.63, 3.8) is 0 Å². The van der Waals surface area contributed by atoms with Gasteiger partial charge in [0.2, 0.25) is 0 Å². The number of rotatable bonds is 2. The van der Waals surface area contributed by atoms with Crippen LogP contribution in [0.25, 0.3) is 0 Å². The Labute approximate surface area is 118 Å². The zero-order valence-corrected chi connectivity index (χ0v) is 11.4. The first kappa shape index (κ1) is 12.5. The Kier molecular flexibility index (Phi) is 3.45. The summed E-state index contributed by atoms with van der Waals surface area (Å²) in [5.41, 5.74) is 3.83. The van der Waals surface area contributed by atoms with E-state index in [1.807, 2.05) is 0 Å². The number of hydrogen-bond acceptors (Lipinski definition) is 2. The lowest BCUT2D eigenvalue weighted by Gasteiger charge is -2.29. The van der Waals surface area contributed by atoms with Crippen LogP contribution in [0.1, 0.15) is 16.7 Å². The molecule has 0 fully saturated rings. The van der Waals surface area contributed by atoms with E-state index in [0.717, 1.165) is 36.6 Å². The van der Waals surface area contributed by atoms with Gasteiger partial charge in [-0.2, -0.15) is 0 Å². The molecule has 0 saturated carbocycles. The molecule has 1 heterocycles. The molecule has 98 valence electrons. The minimum absolute atomic E-state index is 0.275. The van der Waals surface area contributed by atoms with E-state index in [-0.39, 0.29) is 5.75 Å². The molecule has 19 heavy (non-hydrogen) atoms. The summed E-state index contributed by atoms with van der Waals surface area (Å²) < 4.78 is 0. The monoisotopic (exact) mass is 273 g/mol. The second-order valence-corrected chi connectivity index (χ2v) is 5.41. The van der Waals surface area contributed by atoms with Crippen molar-refractivity contribution < 1.29 is 5.11 Å². The lowest BCUT2D eigenvalue weighted by molar-refractivity contribution is 0.245. The normalized spacial score (nSPS) is 15.2. The lowest BCUT2D eigenvalue weighted by atomic mass is 9.99. The fraction of sp³-hybridized carbons (Fsp3) is 0.250. The minimum atomic E-state index is 0.275. The first-order chi connectivity index (χ1) is 9.22. The van der Waals surface area contributed by atoms with Crippen LogP contribution in [0.4, 0.5) is 0 Å². The van der Waals surface area contributed by atoms with Crippen molar-refractivity contribution in [2.75, 3.05) is 6.54 Å². The fourth-order valence-electron chi connectivity index (χ4n) is 2.61. The van der Waals surface area contributed by atoms with E-state index in [9.17, 15) is 5.11 Å². The number of aromatic hydroxyl groups is 1. The zero-order chi connectivity index (χ0) is 13.2. The summed E-state index contributed by atoms with van der Waals surface area (Å²) in [5.74, 6) is 0.275. The standard InChI is InChI=1S/C16H16ClNO/c17-16-6-5-15(19)9-14(16)11-18-8-7-12-3-1-2-4-13(12)10-18/h1-6,9,19H,7-8,10-11H2. The van der Waals surface area contributed by atoms with Crippen molar-refractivity contribution >= 4 is 11.6 Å². The van der Waals surface area contributed by atoms with Gasteiger partial charge in [-0.1, -0.05) is 35.9 Å². The smallest absolute Gasteiger partial charge is 0.116 e. The molecule has 1 N–H and O–H groups in total. The molecule has 0 aromatic heterocycles. The molecular weight excluding hydrogens is 258 g/mol. The van der Waals surface area contributed by atoms with E-state index in [1.54, 1.807) is 18.2 Å². The van der Waals surface area contributed by atoms with Crippen molar-refractivity contribution in [1.82, 2.24) is 4.90 Å². The van der Waals surface area contributed by atoms with Gasteiger partial charge in [0.25, 0.3) is 0 Å². The molecule has 2 aromatic carbocycles. The van der Waals surface area contributed by atoms with Crippen molar-refractivity contribution in [1.29, 1.82) is 0 Å². The molecule has 3 rings (SSSR count). The number of benzene rings is 2. The van der Waals surface area contributed by atoms with Gasteiger partial charge in [-0.15, -0.1) is 0 Å². The average Bonchev–Trinajstić information content (AvgIpc) is 2.43. The number of phenols is 1. The zero-order valence-electron chi connectivity index (χ0n) is 10.6. The molecule has 2 nitrogen and oxygen atoms in total. The van der Waals surface area contributed by atoms with Gasteiger partial charge in [0.1, 0.15) is 5.75 Å². The van der Waals surface area contributed by atoms with Crippen LogP contribution in [-0.2, 0) is 19.5 Å². The third-order valence-corrected chi connectivity index (χ3v) is 4.00. The van der Waals surface area contributed by atoms with Gasteiger partial charge < -0.3 is 5.11 Å². The van der Waals surface area contributed by atoms with Crippen molar-refractivity contribution in [3.8, 4) is 5.75 Å². The third kappa shape index (κ3) is 2.75. The van der Waals surface area contributed by atoms with Gasteiger partial charge in [0.05, 0.1) is 0 Å². The van der Waals surface area contributed by atoms with Crippen LogP contribution < -0.4 is 0 Å². The molecule has 0 bridgehead atoms. The molecular formula is C16H16ClNO. The molecule has 0 spiro atoms. The predicted octanol–water partition coefficient (Wildman–Crippen LogP) is 3.60. The summed E-state index contributed by atoms with van der Waals surface area (Å²) in [6, 6.07) is 13.7. The minimum Gasteiger partial charge on any atom is -0.508 e. The quantitative estimate of drug-likeness (QED) is 0.904. The Hall–Kier alpha value is -1.51. The molecule has 0 saturated heterocycles. The maximum absolute atomic E-state index is 9.55. The summed E-state index contributed by atoms with van der Waals surface area (Å²) in [6.45, 7) is 2.76. The summed E-state index contributed by atoms with van der Waals surface area (Å²) >= 11 is 6.18. The lowest BCUT2D eigenvalue weighted by Crippen LogP contribution is -2.30. The van der Waals surface area contributed by atoms with Gasteiger partial charge in [-0.25, -0.2) is 0 Å². The highest BCUT2D eigenvalue weighted by Gasteiger charge is 2.16. The Bertz CT molecular complexity index is 597. The third-order valence-electron chi connectivity index (χ3n) is 3.63. The van der Waals surface area contributed by atoms with E-state index in [4.69, 9.17) is 11.6 Å². The number of phenolic OH excluding ortho intramolecular Hbond substituents is 1. The Morgan fingerprint density at radius 1 is 1.11 bits per heavy atom. The Morgan fingerprint density at radius 3 is 2.74 bits per heavy atom. The predicted molar refractivity (Wildman–Crippen MR) is 77.4 cm³/mol. The molecule has 0 atom stereocenters. The highest BCUT2D eigenvalue weighted by atomic mass is 35.5. The van der Waals surface area contributed by atoms with Gasteiger partial charge in [-0.05, 0) is 41.3 Å². The van der Waals surface area contributed by atoms with E-state index < -0.39 is 0 Å². The molecule has 0 radical (unpaired) electrons. The van der Waals surface area contributed by atoms with Crippen molar-refractivity contribution in [2.45, 2.75) is 19.5 Å². The van der Waals surface area contributed by atoms with Gasteiger partial charge in [-0.3, -0.25) is 4.90 Å². The van der Waals surface area contributed by atoms with Crippen LogP contribution in [0.3, 0.4) is 0 Å². The molecule has 1 aliphatic rings. The molecule has 0 aliphatic carbocycles.